The Hall–Kier alpha value is -0.0700. The van der Waals surface area contributed by atoms with Gasteiger partial charge in [-0.1, -0.05) is 0 Å². The van der Waals surface area contributed by atoms with Crippen LogP contribution in [0.25, 0.3) is 0 Å². The fourth-order valence-corrected chi connectivity index (χ4v) is 2.23. The molecule has 2 nitrogen and oxygen atoms in total. The lowest BCUT2D eigenvalue weighted by atomic mass is 10.1. The van der Waals surface area contributed by atoms with Gasteiger partial charge in [-0.15, -0.1) is 0 Å². The maximum absolute atomic E-state index is 12.2. The monoisotopic (exact) mass is 315 g/mol. The van der Waals surface area contributed by atoms with Gasteiger partial charge in [0, 0.05) is 26.9 Å². The second-order valence-corrected chi connectivity index (χ2v) is 4.00. The molecule has 0 spiro atoms. The Balaban J connectivity index is 3.12. The van der Waals surface area contributed by atoms with Crippen LogP contribution in [0.4, 0.5) is 8.78 Å². The summed E-state index contributed by atoms with van der Waals surface area (Å²) in [5, 5.41) is 9.12. The van der Waals surface area contributed by atoms with E-state index in [1.54, 1.807) is 0 Å². The van der Waals surface area contributed by atoms with Gasteiger partial charge in [0.15, 0.2) is 0 Å². The third-order valence-electron chi connectivity index (χ3n) is 1.42. The smallest absolute Gasteiger partial charge is 0.268 e. The van der Waals surface area contributed by atoms with Gasteiger partial charge in [0.1, 0.15) is 6.10 Å². The molecule has 0 aliphatic heterocycles. The fraction of sp³-hybridized carbons (Fsp3) is 0.286. The van der Waals surface area contributed by atoms with Gasteiger partial charge < -0.3 is 5.11 Å². The summed E-state index contributed by atoms with van der Waals surface area (Å²) < 4.78 is 25.0. The molecule has 0 aliphatic carbocycles. The lowest BCUT2D eigenvalue weighted by Gasteiger charge is -2.12. The minimum atomic E-state index is -2.81. The van der Waals surface area contributed by atoms with Crippen molar-refractivity contribution in [3.05, 3.63) is 26.9 Å². The molecule has 1 unspecified atom stereocenters. The predicted molar refractivity (Wildman–Crippen MR) is 50.6 cm³/mol. The van der Waals surface area contributed by atoms with Gasteiger partial charge >= 0.3 is 0 Å². The topological polar surface area (TPSA) is 33.1 Å². The summed E-state index contributed by atoms with van der Waals surface area (Å²) in [4.78, 5) is 3.74. The Morgan fingerprint density at radius 2 is 1.69 bits per heavy atom. The van der Waals surface area contributed by atoms with E-state index in [2.05, 4.69) is 36.8 Å². The number of halogens is 4. The first kappa shape index (κ1) is 11.0. The van der Waals surface area contributed by atoms with E-state index in [4.69, 9.17) is 5.11 Å². The summed E-state index contributed by atoms with van der Waals surface area (Å²) in [6.45, 7) is 0. The standard InChI is InChI=1S/C7H5Br2F2NO/c8-3-1-12-2-4(9)5(3)6(13)7(10)11/h1-2,6-7,13H. The highest BCUT2D eigenvalue weighted by molar-refractivity contribution is 9.11. The lowest BCUT2D eigenvalue weighted by molar-refractivity contribution is -0.00664. The zero-order valence-electron chi connectivity index (χ0n) is 6.22. The van der Waals surface area contributed by atoms with E-state index in [1.807, 2.05) is 0 Å². The van der Waals surface area contributed by atoms with E-state index in [0.29, 0.717) is 8.95 Å². The zero-order chi connectivity index (χ0) is 10.0. The van der Waals surface area contributed by atoms with Crippen molar-refractivity contribution in [2.45, 2.75) is 12.5 Å². The van der Waals surface area contributed by atoms with Crippen LogP contribution in [0.15, 0.2) is 21.3 Å². The quantitative estimate of drug-likeness (QED) is 0.910. The van der Waals surface area contributed by atoms with Crippen LogP contribution >= 0.6 is 31.9 Å². The molecular weight excluding hydrogens is 312 g/mol. The van der Waals surface area contributed by atoms with Crippen LogP contribution in [0, 0.1) is 0 Å². The number of aromatic nitrogens is 1. The first-order valence-corrected chi connectivity index (χ1v) is 4.87. The number of hydrogen-bond donors (Lipinski definition) is 1. The third kappa shape index (κ3) is 2.45. The van der Waals surface area contributed by atoms with Crippen LogP contribution < -0.4 is 0 Å². The van der Waals surface area contributed by atoms with Crippen molar-refractivity contribution in [2.24, 2.45) is 0 Å². The molecule has 0 radical (unpaired) electrons. The van der Waals surface area contributed by atoms with Crippen molar-refractivity contribution >= 4 is 31.9 Å². The highest BCUT2D eigenvalue weighted by Crippen LogP contribution is 2.32. The van der Waals surface area contributed by atoms with Gasteiger partial charge in [0.2, 0.25) is 0 Å². The van der Waals surface area contributed by atoms with Crippen LogP contribution in [0.5, 0.6) is 0 Å². The van der Waals surface area contributed by atoms with Crippen LogP contribution in [0.3, 0.4) is 0 Å². The molecule has 1 heterocycles. The Kier molecular flexibility index (Phi) is 3.75. The third-order valence-corrected chi connectivity index (χ3v) is 2.69. The van der Waals surface area contributed by atoms with E-state index in [-0.39, 0.29) is 5.56 Å². The molecule has 1 rings (SSSR count). The van der Waals surface area contributed by atoms with Crippen molar-refractivity contribution in [2.75, 3.05) is 0 Å². The number of aliphatic hydroxyl groups is 1. The maximum Gasteiger partial charge on any atom is 0.268 e. The molecule has 72 valence electrons. The molecule has 1 aromatic rings. The van der Waals surface area contributed by atoms with Crippen LogP contribution in [0.1, 0.15) is 11.7 Å². The largest absolute Gasteiger partial charge is 0.382 e. The Bertz CT molecular complexity index is 288. The lowest BCUT2D eigenvalue weighted by Crippen LogP contribution is -2.09. The second kappa shape index (κ2) is 4.43. The molecular formula is C7H5Br2F2NO. The van der Waals surface area contributed by atoms with E-state index in [1.165, 1.54) is 12.4 Å². The van der Waals surface area contributed by atoms with Gasteiger partial charge in [-0.05, 0) is 31.9 Å². The minimum Gasteiger partial charge on any atom is -0.382 e. The molecule has 0 fully saturated rings. The molecule has 1 N–H and O–H groups in total. The highest BCUT2D eigenvalue weighted by Gasteiger charge is 2.23. The predicted octanol–water partition coefficient (Wildman–Crippen LogP) is 2.91. The molecule has 1 aromatic heterocycles. The molecule has 0 aliphatic rings. The fourth-order valence-electron chi connectivity index (χ4n) is 0.830. The van der Waals surface area contributed by atoms with Gasteiger partial charge in [-0.3, -0.25) is 4.98 Å². The number of alkyl halides is 2. The van der Waals surface area contributed by atoms with E-state index in [9.17, 15) is 8.78 Å². The van der Waals surface area contributed by atoms with E-state index >= 15 is 0 Å². The Labute approximate surface area is 90.2 Å². The van der Waals surface area contributed by atoms with Crippen LogP contribution in [-0.4, -0.2) is 16.5 Å². The van der Waals surface area contributed by atoms with Crippen molar-refractivity contribution in [3.63, 3.8) is 0 Å². The molecule has 0 aromatic carbocycles. The van der Waals surface area contributed by atoms with Gasteiger partial charge in [-0.25, -0.2) is 8.78 Å². The number of hydrogen-bond acceptors (Lipinski definition) is 2. The van der Waals surface area contributed by atoms with Gasteiger partial charge in [0.25, 0.3) is 6.43 Å². The van der Waals surface area contributed by atoms with Crippen molar-refractivity contribution in [3.8, 4) is 0 Å². The molecule has 6 heteroatoms. The average Bonchev–Trinajstić information content (AvgIpc) is 2.03. The molecule has 0 saturated carbocycles. The highest BCUT2D eigenvalue weighted by atomic mass is 79.9. The number of pyridine rings is 1. The zero-order valence-corrected chi connectivity index (χ0v) is 9.39. The normalized spacial score (nSPS) is 13.4. The Morgan fingerprint density at radius 3 is 2.08 bits per heavy atom. The van der Waals surface area contributed by atoms with E-state index < -0.39 is 12.5 Å². The summed E-state index contributed by atoms with van der Waals surface area (Å²) in [5.41, 5.74) is 0.116. The van der Waals surface area contributed by atoms with E-state index in [0.717, 1.165) is 0 Å². The summed E-state index contributed by atoms with van der Waals surface area (Å²) >= 11 is 6.06. The summed E-state index contributed by atoms with van der Waals surface area (Å²) in [6, 6.07) is 0. The minimum absolute atomic E-state index is 0.116. The molecule has 13 heavy (non-hydrogen) atoms. The van der Waals surface area contributed by atoms with Crippen molar-refractivity contribution < 1.29 is 13.9 Å². The summed E-state index contributed by atoms with van der Waals surface area (Å²) in [6.07, 6.45) is -1.90. The first-order valence-electron chi connectivity index (χ1n) is 3.29. The van der Waals surface area contributed by atoms with Crippen LogP contribution in [-0.2, 0) is 0 Å². The van der Waals surface area contributed by atoms with Crippen molar-refractivity contribution in [1.82, 2.24) is 4.98 Å². The SMILES string of the molecule is OC(c1c(Br)cncc1Br)C(F)F. The first-order chi connectivity index (χ1) is 6.04. The maximum atomic E-state index is 12.2. The Morgan fingerprint density at radius 1 is 1.23 bits per heavy atom. The molecule has 0 bridgehead atoms. The molecule has 0 saturated heterocycles. The van der Waals surface area contributed by atoms with Crippen LogP contribution in [0.2, 0.25) is 0 Å². The number of rotatable bonds is 2. The number of nitrogens with zero attached hydrogens (tertiary/aromatic N) is 1. The molecule has 1 atom stereocenters. The van der Waals surface area contributed by atoms with Gasteiger partial charge in [0.05, 0.1) is 0 Å². The molecule has 0 amide bonds. The summed E-state index contributed by atoms with van der Waals surface area (Å²) in [5.74, 6) is 0. The summed E-state index contributed by atoms with van der Waals surface area (Å²) in [7, 11) is 0. The van der Waals surface area contributed by atoms with Crippen molar-refractivity contribution in [1.29, 1.82) is 0 Å². The second-order valence-electron chi connectivity index (χ2n) is 2.30. The average molecular weight is 317 g/mol. The number of aliphatic hydroxyl groups excluding tert-OH is 1. The van der Waals surface area contributed by atoms with Gasteiger partial charge in [-0.2, -0.15) is 0 Å².